The second-order valence-electron chi connectivity index (χ2n) is 3.60. The van der Waals surface area contributed by atoms with E-state index in [1.54, 1.807) is 0 Å². The Bertz CT molecular complexity index is 120. The van der Waals surface area contributed by atoms with Gasteiger partial charge in [-0.15, -0.1) is 0 Å². The average Bonchev–Trinajstić information content (AvgIpc) is 2.07. The minimum atomic E-state index is 0.183. The van der Waals surface area contributed by atoms with Crippen molar-refractivity contribution in [3.05, 3.63) is 0 Å². The third-order valence-corrected chi connectivity index (χ3v) is 2.66. The van der Waals surface area contributed by atoms with E-state index < -0.39 is 0 Å². The highest BCUT2D eigenvalue weighted by Gasteiger charge is 2.38. The quantitative estimate of drug-likeness (QED) is 0.482. The number of nitrogens with one attached hydrogen (secondary N) is 1. The Morgan fingerprint density at radius 3 is 3.11 bits per heavy atom. The van der Waals surface area contributed by atoms with Gasteiger partial charge in [-0.3, -0.25) is 0 Å². The lowest BCUT2D eigenvalue weighted by Gasteiger charge is -2.29. The summed E-state index contributed by atoms with van der Waals surface area (Å²) in [5, 5.41) is 3.36. The Morgan fingerprint density at radius 2 is 2.44 bits per heavy atom. The summed E-state index contributed by atoms with van der Waals surface area (Å²) >= 11 is 0. The number of rotatable bonds is 0. The first-order valence-corrected chi connectivity index (χ1v) is 3.78. The Kier molecular flexibility index (Phi) is 1.08. The van der Waals surface area contributed by atoms with Gasteiger partial charge in [-0.1, -0.05) is 0 Å². The molecule has 0 aromatic heterocycles. The Hall–Kier alpha value is -0.0800. The summed E-state index contributed by atoms with van der Waals surface area (Å²) in [5.74, 6) is 0.892. The van der Waals surface area contributed by atoms with Crippen LogP contribution in [0.15, 0.2) is 0 Å². The number of nitrogens with two attached hydrogens (primary N) is 1. The second kappa shape index (κ2) is 1.70. The molecule has 3 N–H and O–H groups in total. The molecule has 52 valence electrons. The van der Waals surface area contributed by atoms with Crippen molar-refractivity contribution in [2.75, 3.05) is 13.1 Å². The summed E-state index contributed by atoms with van der Waals surface area (Å²) in [6.45, 7) is 2.25. The second-order valence-corrected chi connectivity index (χ2v) is 3.60. The Morgan fingerprint density at radius 1 is 1.56 bits per heavy atom. The zero-order valence-electron chi connectivity index (χ0n) is 5.69. The van der Waals surface area contributed by atoms with Gasteiger partial charge in [0.1, 0.15) is 0 Å². The SMILES string of the molecule is NC12CCC(CNC1)C2. The van der Waals surface area contributed by atoms with Crippen LogP contribution in [0.1, 0.15) is 19.3 Å². The van der Waals surface area contributed by atoms with Crippen molar-refractivity contribution in [3.8, 4) is 0 Å². The molecule has 0 aromatic carbocycles. The number of hydrogen-bond donors (Lipinski definition) is 2. The molecule has 9 heavy (non-hydrogen) atoms. The summed E-state index contributed by atoms with van der Waals surface area (Å²) in [6.07, 6.45) is 3.86. The molecule has 1 saturated carbocycles. The molecule has 0 amide bonds. The predicted molar refractivity (Wildman–Crippen MR) is 37.1 cm³/mol. The van der Waals surface area contributed by atoms with Crippen LogP contribution >= 0.6 is 0 Å². The maximum Gasteiger partial charge on any atom is 0.0284 e. The van der Waals surface area contributed by atoms with Crippen LogP contribution in [0.5, 0.6) is 0 Å². The van der Waals surface area contributed by atoms with E-state index in [0.717, 1.165) is 12.5 Å². The number of fused-ring (bicyclic) bond motifs is 2. The molecule has 2 rings (SSSR count). The van der Waals surface area contributed by atoms with Crippen LogP contribution in [0.3, 0.4) is 0 Å². The van der Waals surface area contributed by atoms with Crippen molar-refractivity contribution in [2.24, 2.45) is 11.7 Å². The van der Waals surface area contributed by atoms with Crippen molar-refractivity contribution in [1.82, 2.24) is 5.32 Å². The Labute approximate surface area is 55.8 Å². The van der Waals surface area contributed by atoms with Gasteiger partial charge >= 0.3 is 0 Å². The zero-order valence-corrected chi connectivity index (χ0v) is 5.69. The normalized spacial score (nSPS) is 49.7. The third-order valence-electron chi connectivity index (χ3n) is 2.66. The van der Waals surface area contributed by atoms with Crippen LogP contribution in [0.25, 0.3) is 0 Å². The van der Waals surface area contributed by atoms with E-state index >= 15 is 0 Å². The molecular formula is C7H14N2. The van der Waals surface area contributed by atoms with Gasteiger partial charge in [0, 0.05) is 12.1 Å². The molecule has 2 bridgehead atoms. The van der Waals surface area contributed by atoms with Gasteiger partial charge < -0.3 is 11.1 Å². The fourth-order valence-electron chi connectivity index (χ4n) is 2.13. The standard InChI is InChI=1S/C7H14N2/c8-7-2-1-6(3-7)4-9-5-7/h6,9H,1-5,8H2. The highest BCUT2D eigenvalue weighted by Crippen LogP contribution is 2.34. The van der Waals surface area contributed by atoms with E-state index in [4.69, 9.17) is 5.73 Å². The average molecular weight is 126 g/mol. The molecule has 0 aromatic rings. The molecule has 1 aliphatic heterocycles. The van der Waals surface area contributed by atoms with E-state index in [0.29, 0.717) is 0 Å². The first-order valence-electron chi connectivity index (χ1n) is 3.78. The molecular weight excluding hydrogens is 112 g/mol. The fraction of sp³-hybridized carbons (Fsp3) is 1.00. The summed E-state index contributed by atoms with van der Waals surface area (Å²) in [7, 11) is 0. The van der Waals surface area contributed by atoms with E-state index in [2.05, 4.69) is 5.32 Å². The lowest BCUT2D eigenvalue weighted by molar-refractivity contribution is 0.329. The maximum absolute atomic E-state index is 6.04. The molecule has 2 fully saturated rings. The van der Waals surface area contributed by atoms with Crippen molar-refractivity contribution < 1.29 is 0 Å². The molecule has 2 atom stereocenters. The molecule has 2 unspecified atom stereocenters. The lowest BCUT2D eigenvalue weighted by Crippen LogP contribution is -2.50. The molecule has 1 saturated heterocycles. The minimum Gasteiger partial charge on any atom is -0.324 e. The third kappa shape index (κ3) is 0.864. The molecule has 2 aliphatic rings. The molecule has 1 aliphatic carbocycles. The monoisotopic (exact) mass is 126 g/mol. The van der Waals surface area contributed by atoms with Crippen LogP contribution in [0, 0.1) is 5.92 Å². The van der Waals surface area contributed by atoms with Gasteiger partial charge in [-0.05, 0) is 31.7 Å². The van der Waals surface area contributed by atoms with E-state index in [9.17, 15) is 0 Å². The summed E-state index contributed by atoms with van der Waals surface area (Å²) in [5.41, 5.74) is 6.22. The number of piperidine rings is 1. The van der Waals surface area contributed by atoms with E-state index in [1.807, 2.05) is 0 Å². The highest BCUT2D eigenvalue weighted by atomic mass is 15.0. The summed E-state index contributed by atoms with van der Waals surface area (Å²) in [6, 6.07) is 0. The molecule has 2 heteroatoms. The van der Waals surface area contributed by atoms with E-state index in [-0.39, 0.29) is 5.54 Å². The highest BCUT2D eigenvalue weighted by molar-refractivity contribution is 4.99. The van der Waals surface area contributed by atoms with Crippen LogP contribution < -0.4 is 11.1 Å². The van der Waals surface area contributed by atoms with Crippen molar-refractivity contribution in [1.29, 1.82) is 0 Å². The lowest BCUT2D eigenvalue weighted by atomic mass is 9.94. The van der Waals surface area contributed by atoms with Crippen LogP contribution in [0.4, 0.5) is 0 Å². The first kappa shape index (κ1) is 5.69. The van der Waals surface area contributed by atoms with Gasteiger partial charge in [0.2, 0.25) is 0 Å². The predicted octanol–water partition coefficient (Wildman–Crippen LogP) is 0.0872. The van der Waals surface area contributed by atoms with E-state index in [1.165, 1.54) is 25.8 Å². The van der Waals surface area contributed by atoms with Crippen LogP contribution in [-0.2, 0) is 0 Å². The molecule has 2 nitrogen and oxygen atoms in total. The van der Waals surface area contributed by atoms with Crippen LogP contribution in [-0.4, -0.2) is 18.6 Å². The number of hydrogen-bond acceptors (Lipinski definition) is 2. The molecule has 0 radical (unpaired) electrons. The molecule has 0 spiro atoms. The maximum atomic E-state index is 6.04. The van der Waals surface area contributed by atoms with Gasteiger partial charge in [-0.25, -0.2) is 0 Å². The molecule has 1 heterocycles. The van der Waals surface area contributed by atoms with Crippen molar-refractivity contribution in [2.45, 2.75) is 24.8 Å². The fourth-order valence-corrected chi connectivity index (χ4v) is 2.13. The van der Waals surface area contributed by atoms with Gasteiger partial charge in [-0.2, -0.15) is 0 Å². The van der Waals surface area contributed by atoms with Crippen LogP contribution in [0.2, 0.25) is 0 Å². The zero-order chi connectivity index (χ0) is 6.32. The van der Waals surface area contributed by atoms with Crippen molar-refractivity contribution in [3.63, 3.8) is 0 Å². The first-order chi connectivity index (χ1) is 4.29. The van der Waals surface area contributed by atoms with Gasteiger partial charge in [0.25, 0.3) is 0 Å². The van der Waals surface area contributed by atoms with Gasteiger partial charge in [0.15, 0.2) is 0 Å². The van der Waals surface area contributed by atoms with Gasteiger partial charge in [0.05, 0.1) is 0 Å². The summed E-state index contributed by atoms with van der Waals surface area (Å²) in [4.78, 5) is 0. The topological polar surface area (TPSA) is 38.0 Å². The van der Waals surface area contributed by atoms with Crippen molar-refractivity contribution >= 4 is 0 Å². The largest absolute Gasteiger partial charge is 0.324 e. The minimum absolute atomic E-state index is 0.183. The summed E-state index contributed by atoms with van der Waals surface area (Å²) < 4.78 is 0. The Balaban J connectivity index is 2.13. The smallest absolute Gasteiger partial charge is 0.0284 e.